The third-order valence-electron chi connectivity index (χ3n) is 7.11. The highest BCUT2D eigenvalue weighted by atomic mass is 15.2. The predicted octanol–water partition coefficient (Wildman–Crippen LogP) is 5.50. The maximum absolute atomic E-state index is 3.33. The van der Waals surface area contributed by atoms with Gasteiger partial charge in [-0.3, -0.25) is 4.90 Å². The first kappa shape index (κ1) is 24.1. The van der Waals surface area contributed by atoms with Crippen molar-refractivity contribution < 1.29 is 0 Å². The van der Waals surface area contributed by atoms with Crippen LogP contribution in [0.1, 0.15) is 72.8 Å². The van der Waals surface area contributed by atoms with Gasteiger partial charge in [-0.25, -0.2) is 0 Å². The van der Waals surface area contributed by atoms with Crippen LogP contribution in [-0.2, 0) is 0 Å². The van der Waals surface area contributed by atoms with Gasteiger partial charge in [0.05, 0.1) is 0 Å². The van der Waals surface area contributed by atoms with E-state index in [9.17, 15) is 0 Å². The van der Waals surface area contributed by atoms with Crippen LogP contribution in [0, 0.1) is 23.2 Å². The number of hydrogen-bond acceptors (Lipinski definition) is 3. The summed E-state index contributed by atoms with van der Waals surface area (Å²) in [6, 6.07) is 9.61. The van der Waals surface area contributed by atoms with Crippen molar-refractivity contribution in [3.63, 3.8) is 0 Å². The van der Waals surface area contributed by atoms with Gasteiger partial charge in [-0.05, 0) is 118 Å². The minimum Gasteiger partial charge on any atom is -0.372 e. The number of benzene rings is 1. The molecule has 1 aromatic carbocycles. The van der Waals surface area contributed by atoms with Crippen LogP contribution in [0.3, 0.4) is 0 Å². The van der Waals surface area contributed by atoms with Gasteiger partial charge >= 0.3 is 0 Å². The van der Waals surface area contributed by atoms with Crippen molar-refractivity contribution in [3.8, 4) is 11.8 Å². The summed E-state index contributed by atoms with van der Waals surface area (Å²) in [6.07, 6.45) is 5.26. The van der Waals surface area contributed by atoms with E-state index >= 15 is 0 Å². The second-order valence-corrected chi connectivity index (χ2v) is 11.8. The summed E-state index contributed by atoms with van der Waals surface area (Å²) in [5.41, 5.74) is 2.80. The summed E-state index contributed by atoms with van der Waals surface area (Å²) >= 11 is 0. The molecule has 172 valence electrons. The zero-order valence-corrected chi connectivity index (χ0v) is 21.2. The summed E-state index contributed by atoms with van der Waals surface area (Å²) in [5.74, 6) is 7.49. The average Bonchev–Trinajstić information content (AvgIpc) is 2.72. The molecule has 2 saturated heterocycles. The van der Waals surface area contributed by atoms with Crippen LogP contribution in [0.25, 0.3) is 0 Å². The van der Waals surface area contributed by atoms with Crippen molar-refractivity contribution in [3.05, 3.63) is 29.8 Å². The number of hydrogen-bond donors (Lipinski definition) is 0. The van der Waals surface area contributed by atoms with E-state index in [0.29, 0.717) is 0 Å². The Morgan fingerprint density at radius 1 is 0.871 bits per heavy atom. The lowest BCUT2D eigenvalue weighted by Gasteiger charge is -2.44. The Labute approximate surface area is 192 Å². The summed E-state index contributed by atoms with van der Waals surface area (Å²) in [5, 5.41) is 0. The maximum Gasteiger partial charge on any atom is 0.0367 e. The minimum absolute atomic E-state index is 0.0539. The van der Waals surface area contributed by atoms with Crippen molar-refractivity contribution in [1.82, 2.24) is 9.80 Å². The SMILES string of the molecule is CN(C1CCN(CC2CCN(c3ccc(C#CC(C)(C)C)cc3)CC2)CC1)C(C)(C)C. The molecule has 1 aromatic rings. The molecule has 0 aliphatic carbocycles. The molecule has 0 bridgehead atoms. The number of rotatable bonds is 4. The molecule has 2 heterocycles. The molecule has 0 N–H and O–H groups in total. The normalized spacial score (nSPS) is 20.1. The highest BCUT2D eigenvalue weighted by Gasteiger charge is 2.30. The second-order valence-electron chi connectivity index (χ2n) is 11.8. The number of piperidine rings is 2. The molecule has 3 heteroatoms. The van der Waals surface area contributed by atoms with Crippen LogP contribution >= 0.6 is 0 Å². The Balaban J connectivity index is 1.43. The van der Waals surface area contributed by atoms with E-state index in [1.54, 1.807) is 0 Å². The molecule has 0 aromatic heterocycles. The number of anilines is 1. The molecule has 0 spiro atoms. The largest absolute Gasteiger partial charge is 0.372 e. The van der Waals surface area contributed by atoms with Crippen LogP contribution in [0.15, 0.2) is 24.3 Å². The smallest absolute Gasteiger partial charge is 0.0367 e. The minimum atomic E-state index is 0.0539. The molecule has 2 aliphatic heterocycles. The Morgan fingerprint density at radius 2 is 1.45 bits per heavy atom. The molecule has 0 atom stereocenters. The summed E-state index contributed by atoms with van der Waals surface area (Å²) in [4.78, 5) is 7.88. The predicted molar refractivity (Wildman–Crippen MR) is 135 cm³/mol. The van der Waals surface area contributed by atoms with Gasteiger partial charge in [0.15, 0.2) is 0 Å². The van der Waals surface area contributed by atoms with Gasteiger partial charge in [0.2, 0.25) is 0 Å². The fraction of sp³-hybridized carbons (Fsp3) is 0.714. The monoisotopic (exact) mass is 423 g/mol. The zero-order valence-electron chi connectivity index (χ0n) is 21.2. The van der Waals surface area contributed by atoms with Crippen molar-refractivity contribution in [2.45, 2.75) is 78.8 Å². The Morgan fingerprint density at radius 3 is 1.97 bits per heavy atom. The molecule has 2 fully saturated rings. The van der Waals surface area contributed by atoms with Gasteiger partial charge in [0.1, 0.15) is 0 Å². The fourth-order valence-electron chi connectivity index (χ4n) is 4.79. The standard InChI is InChI=1S/C28H45N3/c1-27(2,3)17-12-23-8-10-26(11-9-23)31-20-13-24(14-21-31)22-30-18-15-25(16-19-30)29(7)28(4,5)6/h8-11,24-25H,13-16,18-22H2,1-7H3. The lowest BCUT2D eigenvalue weighted by molar-refractivity contribution is 0.0580. The van der Waals surface area contributed by atoms with Gasteiger partial charge in [0, 0.05) is 47.9 Å². The van der Waals surface area contributed by atoms with Crippen molar-refractivity contribution in [2.24, 2.45) is 11.3 Å². The van der Waals surface area contributed by atoms with Crippen molar-refractivity contribution in [1.29, 1.82) is 0 Å². The molecule has 0 saturated carbocycles. The van der Waals surface area contributed by atoms with Crippen molar-refractivity contribution in [2.75, 3.05) is 44.7 Å². The average molecular weight is 424 g/mol. The molecular formula is C28H45N3. The quantitative estimate of drug-likeness (QED) is 0.593. The van der Waals surface area contributed by atoms with Gasteiger partial charge in [-0.1, -0.05) is 11.8 Å². The third kappa shape index (κ3) is 7.26. The fourth-order valence-corrected chi connectivity index (χ4v) is 4.79. The van der Waals surface area contributed by atoms with Gasteiger partial charge < -0.3 is 9.80 Å². The molecule has 2 aliphatic rings. The number of nitrogens with zero attached hydrogens (tertiary/aromatic N) is 3. The maximum atomic E-state index is 3.33. The van der Waals surface area contributed by atoms with Crippen LogP contribution in [0.5, 0.6) is 0 Å². The van der Waals surface area contributed by atoms with E-state index in [1.165, 1.54) is 64.1 Å². The first-order valence-electron chi connectivity index (χ1n) is 12.3. The van der Waals surface area contributed by atoms with Crippen molar-refractivity contribution >= 4 is 5.69 Å². The molecular weight excluding hydrogens is 378 g/mol. The van der Waals surface area contributed by atoms with Crippen LogP contribution in [-0.4, -0.2) is 61.2 Å². The van der Waals surface area contributed by atoms with E-state index in [4.69, 9.17) is 0 Å². The molecule has 3 nitrogen and oxygen atoms in total. The van der Waals surface area contributed by atoms with Crippen LogP contribution in [0.2, 0.25) is 0 Å². The lowest BCUT2D eigenvalue weighted by atomic mass is 9.93. The Hall–Kier alpha value is -1.50. The van der Waals surface area contributed by atoms with Gasteiger partial charge in [-0.2, -0.15) is 0 Å². The molecule has 3 rings (SSSR count). The third-order valence-corrected chi connectivity index (χ3v) is 7.11. The van der Waals surface area contributed by atoms with E-state index < -0.39 is 0 Å². The highest BCUT2D eigenvalue weighted by molar-refractivity contribution is 5.51. The molecule has 0 amide bonds. The number of likely N-dealkylation sites (tertiary alicyclic amines) is 1. The molecule has 31 heavy (non-hydrogen) atoms. The van der Waals surface area contributed by atoms with Gasteiger partial charge in [0.25, 0.3) is 0 Å². The second kappa shape index (κ2) is 9.97. The first-order chi connectivity index (χ1) is 14.5. The zero-order chi connectivity index (χ0) is 22.6. The van der Waals surface area contributed by atoms with E-state index in [-0.39, 0.29) is 11.0 Å². The van der Waals surface area contributed by atoms with Crippen LogP contribution in [0.4, 0.5) is 5.69 Å². The van der Waals surface area contributed by atoms with Gasteiger partial charge in [-0.15, -0.1) is 0 Å². The van der Waals surface area contributed by atoms with Crippen LogP contribution < -0.4 is 4.90 Å². The lowest BCUT2D eigenvalue weighted by Crippen LogP contribution is -2.51. The highest BCUT2D eigenvalue weighted by Crippen LogP contribution is 2.27. The van der Waals surface area contributed by atoms with E-state index in [2.05, 4.69) is 99.4 Å². The summed E-state index contributed by atoms with van der Waals surface area (Å²) in [6.45, 7) is 19.7. The molecule has 0 radical (unpaired) electrons. The van der Waals surface area contributed by atoms with E-state index in [1.807, 2.05) is 0 Å². The topological polar surface area (TPSA) is 9.72 Å². The Kier molecular flexibility index (Phi) is 7.76. The summed E-state index contributed by atoms with van der Waals surface area (Å²) < 4.78 is 0. The van der Waals surface area contributed by atoms with E-state index in [0.717, 1.165) is 17.5 Å². The Bertz CT molecular complexity index is 741. The first-order valence-corrected chi connectivity index (χ1v) is 12.3. The molecule has 0 unspecified atom stereocenters. The summed E-state index contributed by atoms with van der Waals surface area (Å²) in [7, 11) is 2.31.